The van der Waals surface area contributed by atoms with E-state index in [2.05, 4.69) is 4.74 Å². The van der Waals surface area contributed by atoms with Crippen molar-refractivity contribution in [2.75, 3.05) is 0 Å². The zero-order valence-corrected chi connectivity index (χ0v) is 8.62. The number of halogens is 5. The van der Waals surface area contributed by atoms with E-state index in [4.69, 9.17) is 11.6 Å². The molecule has 0 aliphatic rings. The molecule has 7 heteroatoms. The van der Waals surface area contributed by atoms with Crippen LogP contribution >= 0.6 is 11.6 Å². The summed E-state index contributed by atoms with van der Waals surface area (Å²) in [6, 6.07) is 1.54. The molecule has 0 N–H and O–H groups in total. The first-order chi connectivity index (χ1) is 7.20. The minimum atomic E-state index is -5.07. The van der Waals surface area contributed by atoms with Crippen LogP contribution in [0.2, 0.25) is 5.02 Å². The highest BCUT2D eigenvalue weighted by Crippen LogP contribution is 2.32. The topological polar surface area (TPSA) is 26.3 Å². The van der Waals surface area contributed by atoms with Gasteiger partial charge in [0.25, 0.3) is 0 Å². The second kappa shape index (κ2) is 4.29. The van der Waals surface area contributed by atoms with Gasteiger partial charge in [0.15, 0.2) is 17.3 Å². The van der Waals surface area contributed by atoms with Crippen LogP contribution in [-0.2, 0) is 0 Å². The summed E-state index contributed by atoms with van der Waals surface area (Å²) < 4.78 is 52.4. The molecule has 0 aliphatic heterocycles. The maximum Gasteiger partial charge on any atom is 0.573 e. The van der Waals surface area contributed by atoms with Crippen molar-refractivity contribution in [1.82, 2.24) is 0 Å². The van der Waals surface area contributed by atoms with E-state index in [1.165, 1.54) is 0 Å². The van der Waals surface area contributed by atoms with Gasteiger partial charge in [-0.3, -0.25) is 4.79 Å². The summed E-state index contributed by atoms with van der Waals surface area (Å²) in [6.07, 6.45) is -5.07. The fourth-order valence-electron chi connectivity index (χ4n) is 1.04. The van der Waals surface area contributed by atoms with Gasteiger partial charge in [-0.2, -0.15) is 0 Å². The van der Waals surface area contributed by atoms with Crippen molar-refractivity contribution < 1.29 is 27.1 Å². The molecule has 16 heavy (non-hydrogen) atoms. The van der Waals surface area contributed by atoms with Gasteiger partial charge in [0, 0.05) is 5.02 Å². The standard InChI is InChI=1S/C9H5ClF4O2/c1-4(15)6-2-5(10)3-7(11)8(6)16-9(12,13)14/h2-3H,1H3. The Hall–Kier alpha value is -1.30. The third-order valence-electron chi connectivity index (χ3n) is 1.61. The normalized spacial score (nSPS) is 11.4. The number of benzene rings is 1. The van der Waals surface area contributed by atoms with Crippen LogP contribution in [0.5, 0.6) is 5.75 Å². The van der Waals surface area contributed by atoms with Crippen molar-refractivity contribution in [2.24, 2.45) is 0 Å². The molecule has 0 aromatic heterocycles. The van der Waals surface area contributed by atoms with Crippen molar-refractivity contribution in [3.63, 3.8) is 0 Å². The zero-order chi connectivity index (χ0) is 12.5. The molecule has 0 bridgehead atoms. The highest BCUT2D eigenvalue weighted by Gasteiger charge is 2.34. The summed E-state index contributed by atoms with van der Waals surface area (Å²) in [7, 11) is 0. The van der Waals surface area contributed by atoms with Gasteiger partial charge in [0.1, 0.15) is 0 Å². The summed E-state index contributed by atoms with van der Waals surface area (Å²) in [5.74, 6) is -3.28. The van der Waals surface area contributed by atoms with Gasteiger partial charge in [0.2, 0.25) is 0 Å². The molecule has 0 amide bonds. The Bertz CT molecular complexity index is 428. The lowest BCUT2D eigenvalue weighted by Crippen LogP contribution is -2.19. The van der Waals surface area contributed by atoms with E-state index in [9.17, 15) is 22.4 Å². The van der Waals surface area contributed by atoms with Gasteiger partial charge in [-0.05, 0) is 19.1 Å². The smallest absolute Gasteiger partial charge is 0.402 e. The van der Waals surface area contributed by atoms with Crippen molar-refractivity contribution >= 4 is 17.4 Å². The van der Waals surface area contributed by atoms with E-state index < -0.39 is 29.3 Å². The number of ketones is 1. The number of rotatable bonds is 2. The molecule has 88 valence electrons. The molecule has 0 saturated heterocycles. The van der Waals surface area contributed by atoms with E-state index in [1.54, 1.807) is 0 Å². The molecule has 1 rings (SSSR count). The Labute approximate surface area is 92.8 Å². The van der Waals surface area contributed by atoms with E-state index >= 15 is 0 Å². The average Bonchev–Trinajstić information content (AvgIpc) is 2.07. The second-order valence-corrected chi connectivity index (χ2v) is 3.30. The van der Waals surface area contributed by atoms with E-state index in [1.807, 2.05) is 0 Å². The lowest BCUT2D eigenvalue weighted by Gasteiger charge is -2.12. The minimum absolute atomic E-state index is 0.183. The molecule has 0 unspecified atom stereocenters. The Morgan fingerprint density at radius 3 is 2.38 bits per heavy atom. The first kappa shape index (κ1) is 12.8. The SMILES string of the molecule is CC(=O)c1cc(Cl)cc(F)c1OC(F)(F)F. The Balaban J connectivity index is 3.30. The largest absolute Gasteiger partial charge is 0.573 e. The summed E-state index contributed by atoms with van der Waals surface area (Å²) in [5, 5.41) is -0.183. The van der Waals surface area contributed by atoms with Crippen molar-refractivity contribution in [3.05, 3.63) is 28.5 Å². The number of Topliss-reactive ketones (excluding diaryl/α,β-unsaturated/α-hetero) is 1. The van der Waals surface area contributed by atoms with Gasteiger partial charge < -0.3 is 4.74 Å². The molecule has 1 aromatic carbocycles. The van der Waals surface area contributed by atoms with Gasteiger partial charge in [-0.25, -0.2) is 4.39 Å². The predicted molar refractivity (Wildman–Crippen MR) is 48.1 cm³/mol. The van der Waals surface area contributed by atoms with Gasteiger partial charge in [-0.15, -0.1) is 13.2 Å². The summed E-state index contributed by atoms with van der Waals surface area (Å²) in [6.45, 7) is 0.980. The van der Waals surface area contributed by atoms with Crippen molar-refractivity contribution in [3.8, 4) is 5.75 Å². The third-order valence-corrected chi connectivity index (χ3v) is 1.82. The molecule has 0 atom stereocenters. The van der Waals surface area contributed by atoms with Crippen LogP contribution in [0.15, 0.2) is 12.1 Å². The van der Waals surface area contributed by atoms with Crippen LogP contribution in [0.25, 0.3) is 0 Å². The molecular weight excluding hydrogens is 252 g/mol. The van der Waals surface area contributed by atoms with Gasteiger partial charge in [-0.1, -0.05) is 11.6 Å². The van der Waals surface area contributed by atoms with Crippen LogP contribution in [0.4, 0.5) is 17.6 Å². The lowest BCUT2D eigenvalue weighted by atomic mass is 10.1. The maximum atomic E-state index is 13.1. The Kier molecular flexibility index (Phi) is 3.42. The van der Waals surface area contributed by atoms with Crippen LogP contribution in [0, 0.1) is 5.82 Å². The highest BCUT2D eigenvalue weighted by atomic mass is 35.5. The van der Waals surface area contributed by atoms with Crippen LogP contribution in [0.1, 0.15) is 17.3 Å². The molecule has 0 aliphatic carbocycles. The van der Waals surface area contributed by atoms with Crippen LogP contribution < -0.4 is 4.74 Å². The average molecular weight is 257 g/mol. The van der Waals surface area contributed by atoms with Crippen molar-refractivity contribution in [1.29, 1.82) is 0 Å². The fourth-order valence-corrected chi connectivity index (χ4v) is 1.25. The molecule has 0 spiro atoms. The first-order valence-corrected chi connectivity index (χ1v) is 4.34. The number of alkyl halides is 3. The van der Waals surface area contributed by atoms with Crippen molar-refractivity contribution in [2.45, 2.75) is 13.3 Å². The van der Waals surface area contributed by atoms with Crippen LogP contribution in [-0.4, -0.2) is 12.1 Å². The summed E-state index contributed by atoms with van der Waals surface area (Å²) in [4.78, 5) is 11.0. The molecule has 0 radical (unpaired) electrons. The number of ether oxygens (including phenoxy) is 1. The minimum Gasteiger partial charge on any atom is -0.402 e. The number of hydrogen-bond donors (Lipinski definition) is 0. The highest BCUT2D eigenvalue weighted by molar-refractivity contribution is 6.31. The van der Waals surface area contributed by atoms with Gasteiger partial charge in [0.05, 0.1) is 5.56 Å². The monoisotopic (exact) mass is 256 g/mol. The molecule has 0 heterocycles. The maximum absolute atomic E-state index is 13.1. The predicted octanol–water partition coefficient (Wildman–Crippen LogP) is 3.58. The number of carbonyl (C=O) groups excluding carboxylic acids is 1. The number of hydrogen-bond acceptors (Lipinski definition) is 2. The summed E-state index contributed by atoms with van der Waals surface area (Å²) in [5.41, 5.74) is -0.553. The molecule has 1 aromatic rings. The second-order valence-electron chi connectivity index (χ2n) is 2.87. The van der Waals surface area contributed by atoms with E-state index in [0.717, 1.165) is 13.0 Å². The molecule has 0 fully saturated rings. The Morgan fingerprint density at radius 1 is 1.38 bits per heavy atom. The van der Waals surface area contributed by atoms with E-state index in [0.29, 0.717) is 6.07 Å². The fraction of sp³-hybridized carbons (Fsp3) is 0.222. The van der Waals surface area contributed by atoms with E-state index in [-0.39, 0.29) is 5.02 Å². The lowest BCUT2D eigenvalue weighted by molar-refractivity contribution is -0.275. The molecule has 2 nitrogen and oxygen atoms in total. The third kappa shape index (κ3) is 3.10. The Morgan fingerprint density at radius 2 is 1.94 bits per heavy atom. The van der Waals surface area contributed by atoms with Gasteiger partial charge >= 0.3 is 6.36 Å². The molecule has 0 saturated carbocycles. The molecular formula is C9H5ClF4O2. The first-order valence-electron chi connectivity index (χ1n) is 3.96. The van der Waals surface area contributed by atoms with Crippen LogP contribution in [0.3, 0.4) is 0 Å². The number of carbonyl (C=O) groups is 1. The quantitative estimate of drug-likeness (QED) is 0.597. The zero-order valence-electron chi connectivity index (χ0n) is 7.86. The summed E-state index contributed by atoms with van der Waals surface area (Å²) >= 11 is 5.41.